The van der Waals surface area contributed by atoms with Crippen LogP contribution in [0.1, 0.15) is 5.56 Å². The fourth-order valence-corrected chi connectivity index (χ4v) is 1.79. The monoisotopic (exact) mass is 239 g/mol. The van der Waals surface area contributed by atoms with Crippen LogP contribution in [0.25, 0.3) is 0 Å². The van der Waals surface area contributed by atoms with Gasteiger partial charge in [0.05, 0.1) is 6.54 Å². The van der Waals surface area contributed by atoms with Crippen LogP contribution in [-0.2, 0) is 6.42 Å². The van der Waals surface area contributed by atoms with Crippen molar-refractivity contribution in [3.63, 3.8) is 0 Å². The van der Waals surface area contributed by atoms with Gasteiger partial charge in [-0.15, -0.1) is 0 Å². The molecule has 0 aliphatic carbocycles. The molecule has 1 N–H and O–H groups in total. The van der Waals surface area contributed by atoms with E-state index in [2.05, 4.69) is 10.3 Å². The molecule has 1 aromatic carbocycles. The highest BCUT2D eigenvalue weighted by Gasteiger charge is 2.12. The minimum absolute atomic E-state index is 0.126. The van der Waals surface area contributed by atoms with Gasteiger partial charge in [0.2, 0.25) is 0 Å². The van der Waals surface area contributed by atoms with Crippen LogP contribution in [0.15, 0.2) is 23.2 Å². The third kappa shape index (κ3) is 2.72. The number of hydrogen-bond acceptors (Lipinski definition) is 3. The quantitative estimate of drug-likeness (QED) is 0.863. The first-order chi connectivity index (χ1) is 8.18. The van der Waals surface area contributed by atoms with Crippen LogP contribution >= 0.6 is 0 Å². The normalized spacial score (nSPS) is 15.0. The lowest BCUT2D eigenvalue weighted by molar-refractivity contribution is 0.528. The molecule has 17 heavy (non-hydrogen) atoms. The molecule has 0 saturated heterocycles. The smallest absolute Gasteiger partial charge is 0.193 e. The molecule has 0 amide bonds. The zero-order chi connectivity index (χ0) is 12.3. The van der Waals surface area contributed by atoms with Gasteiger partial charge in [-0.2, -0.15) is 0 Å². The number of guanidine groups is 1. The summed E-state index contributed by atoms with van der Waals surface area (Å²) in [6.45, 7) is 2.13. The average Bonchev–Trinajstić information content (AvgIpc) is 2.69. The molecule has 5 heteroatoms. The summed E-state index contributed by atoms with van der Waals surface area (Å²) in [7, 11) is 1.93. The lowest BCUT2D eigenvalue weighted by Gasteiger charge is -2.15. The van der Waals surface area contributed by atoms with E-state index in [1.165, 1.54) is 18.2 Å². The van der Waals surface area contributed by atoms with Crippen molar-refractivity contribution in [2.24, 2.45) is 4.99 Å². The van der Waals surface area contributed by atoms with Crippen LogP contribution in [0, 0.1) is 11.6 Å². The molecule has 1 aliphatic rings. The van der Waals surface area contributed by atoms with E-state index in [0.29, 0.717) is 13.0 Å². The van der Waals surface area contributed by atoms with Crippen LogP contribution < -0.4 is 5.32 Å². The number of nitrogens with one attached hydrogen (secondary N) is 1. The van der Waals surface area contributed by atoms with Gasteiger partial charge in [0, 0.05) is 25.7 Å². The summed E-state index contributed by atoms with van der Waals surface area (Å²) in [5, 5.41) is 3.08. The Labute approximate surface area is 99.2 Å². The Morgan fingerprint density at radius 2 is 2.06 bits per heavy atom. The van der Waals surface area contributed by atoms with E-state index < -0.39 is 11.6 Å². The number of nitrogens with zero attached hydrogens (tertiary/aromatic N) is 2. The lowest BCUT2D eigenvalue weighted by Crippen LogP contribution is -2.36. The lowest BCUT2D eigenvalue weighted by atomic mass is 10.1. The van der Waals surface area contributed by atoms with Crippen LogP contribution in [0.4, 0.5) is 8.78 Å². The molecular formula is C12H15F2N3. The molecule has 0 radical (unpaired) electrons. The van der Waals surface area contributed by atoms with Crippen molar-refractivity contribution in [3.05, 3.63) is 35.4 Å². The summed E-state index contributed by atoms with van der Waals surface area (Å²) in [4.78, 5) is 6.22. The number of aliphatic imine (C=N–C) groups is 1. The first-order valence-corrected chi connectivity index (χ1v) is 5.61. The van der Waals surface area contributed by atoms with Gasteiger partial charge in [0.15, 0.2) is 5.96 Å². The largest absolute Gasteiger partial charge is 0.356 e. The Morgan fingerprint density at radius 3 is 2.65 bits per heavy atom. The summed E-state index contributed by atoms with van der Waals surface area (Å²) in [5.41, 5.74) is 0.126. The third-order valence-corrected chi connectivity index (χ3v) is 2.78. The van der Waals surface area contributed by atoms with E-state index >= 15 is 0 Å². The first-order valence-electron chi connectivity index (χ1n) is 5.61. The molecule has 0 fully saturated rings. The molecule has 0 bridgehead atoms. The van der Waals surface area contributed by atoms with Crippen molar-refractivity contribution in [2.45, 2.75) is 6.42 Å². The molecule has 3 nitrogen and oxygen atoms in total. The van der Waals surface area contributed by atoms with Crippen molar-refractivity contribution in [1.82, 2.24) is 10.2 Å². The molecule has 0 spiro atoms. The molecule has 0 atom stereocenters. The summed E-state index contributed by atoms with van der Waals surface area (Å²) in [5.74, 6) is -0.191. The van der Waals surface area contributed by atoms with Crippen molar-refractivity contribution < 1.29 is 8.78 Å². The molecule has 1 heterocycles. The van der Waals surface area contributed by atoms with Crippen LogP contribution in [-0.4, -0.2) is 37.5 Å². The summed E-state index contributed by atoms with van der Waals surface area (Å²) < 4.78 is 26.6. The summed E-state index contributed by atoms with van der Waals surface area (Å²) in [6.07, 6.45) is 0.311. The average molecular weight is 239 g/mol. The maximum Gasteiger partial charge on any atom is 0.193 e. The Hall–Kier alpha value is -1.65. The number of likely N-dealkylation sites (N-methyl/N-ethyl adjacent to an activating group) is 1. The number of hydrogen-bond donors (Lipinski definition) is 1. The Balaban J connectivity index is 1.90. The van der Waals surface area contributed by atoms with E-state index in [1.807, 2.05) is 11.9 Å². The maximum absolute atomic E-state index is 13.3. The van der Waals surface area contributed by atoms with Gasteiger partial charge in [0.25, 0.3) is 0 Å². The van der Waals surface area contributed by atoms with Crippen molar-refractivity contribution in [3.8, 4) is 0 Å². The second-order valence-corrected chi connectivity index (χ2v) is 4.00. The second kappa shape index (κ2) is 5.12. The van der Waals surface area contributed by atoms with E-state index in [-0.39, 0.29) is 5.56 Å². The molecule has 1 aromatic rings. The fourth-order valence-electron chi connectivity index (χ4n) is 1.79. The maximum atomic E-state index is 13.3. The van der Waals surface area contributed by atoms with Gasteiger partial charge < -0.3 is 10.2 Å². The van der Waals surface area contributed by atoms with Crippen LogP contribution in [0.5, 0.6) is 0 Å². The molecule has 0 saturated carbocycles. The van der Waals surface area contributed by atoms with E-state index in [1.54, 1.807) is 0 Å². The summed E-state index contributed by atoms with van der Waals surface area (Å²) >= 11 is 0. The number of rotatable bonds is 3. The molecule has 0 unspecified atom stereocenters. The first kappa shape index (κ1) is 11.8. The Morgan fingerprint density at radius 1 is 1.35 bits per heavy atom. The van der Waals surface area contributed by atoms with Crippen LogP contribution in [0.2, 0.25) is 0 Å². The zero-order valence-corrected chi connectivity index (χ0v) is 9.71. The van der Waals surface area contributed by atoms with Gasteiger partial charge in [-0.05, 0) is 18.6 Å². The highest BCUT2D eigenvalue weighted by molar-refractivity contribution is 5.81. The fraction of sp³-hybridized carbons (Fsp3) is 0.417. The van der Waals surface area contributed by atoms with Crippen molar-refractivity contribution >= 4 is 5.96 Å². The van der Waals surface area contributed by atoms with E-state index in [9.17, 15) is 8.78 Å². The Kier molecular flexibility index (Phi) is 3.56. The molecule has 92 valence electrons. The van der Waals surface area contributed by atoms with Gasteiger partial charge in [-0.3, -0.25) is 4.99 Å². The summed E-state index contributed by atoms with van der Waals surface area (Å²) in [6, 6.07) is 3.92. The van der Waals surface area contributed by atoms with Gasteiger partial charge >= 0.3 is 0 Å². The van der Waals surface area contributed by atoms with Gasteiger partial charge in [-0.1, -0.05) is 6.07 Å². The SMILES string of the molecule is CN1CCN=C1NCCc1c(F)cccc1F. The highest BCUT2D eigenvalue weighted by atomic mass is 19.1. The molecule has 2 rings (SSSR count). The van der Waals surface area contributed by atoms with Crippen molar-refractivity contribution in [2.75, 3.05) is 26.7 Å². The van der Waals surface area contributed by atoms with Gasteiger partial charge in [0.1, 0.15) is 11.6 Å². The third-order valence-electron chi connectivity index (χ3n) is 2.78. The molecule has 1 aliphatic heterocycles. The predicted molar refractivity (Wildman–Crippen MR) is 63.0 cm³/mol. The molecular weight excluding hydrogens is 224 g/mol. The number of benzene rings is 1. The van der Waals surface area contributed by atoms with E-state index in [4.69, 9.17) is 0 Å². The second-order valence-electron chi connectivity index (χ2n) is 4.00. The Bertz CT molecular complexity index is 412. The van der Waals surface area contributed by atoms with Crippen molar-refractivity contribution in [1.29, 1.82) is 0 Å². The standard InChI is InChI=1S/C12H15F2N3/c1-17-8-7-16-12(17)15-6-5-9-10(13)3-2-4-11(9)14/h2-4H,5-8H2,1H3,(H,15,16). The van der Waals surface area contributed by atoms with Crippen LogP contribution in [0.3, 0.4) is 0 Å². The highest BCUT2D eigenvalue weighted by Crippen LogP contribution is 2.12. The minimum atomic E-state index is -0.492. The number of halogens is 2. The predicted octanol–water partition coefficient (Wildman–Crippen LogP) is 1.40. The van der Waals surface area contributed by atoms with E-state index in [0.717, 1.165) is 19.0 Å². The topological polar surface area (TPSA) is 27.6 Å². The minimum Gasteiger partial charge on any atom is -0.356 e. The molecule has 0 aromatic heterocycles. The zero-order valence-electron chi connectivity index (χ0n) is 9.71. The van der Waals surface area contributed by atoms with Gasteiger partial charge in [-0.25, -0.2) is 8.78 Å².